The summed E-state index contributed by atoms with van der Waals surface area (Å²) in [5.74, 6) is -1.01. The van der Waals surface area contributed by atoms with Crippen molar-refractivity contribution in [3.8, 4) is 0 Å². The van der Waals surface area contributed by atoms with Gasteiger partial charge in [0.2, 0.25) is 0 Å². The molecule has 3 aliphatic rings. The molecule has 0 unspecified atom stereocenters. The van der Waals surface area contributed by atoms with Crippen LogP contribution < -0.4 is 5.43 Å². The third-order valence-corrected chi connectivity index (χ3v) is 10.3. The minimum Gasteiger partial charge on any atom is -0.476 e. The number of hydrogen-bond donors (Lipinski definition) is 2. The number of likely N-dealkylation sites (tertiary alicyclic amines) is 1. The number of carbonyl (C=O) groups excluding carboxylic acids is 1. The average Bonchev–Trinajstić information content (AvgIpc) is 3.79. The van der Waals surface area contributed by atoms with E-state index in [0.717, 1.165) is 44.8 Å². The Bertz CT molecular complexity index is 1920. The number of nitrogens with one attached hydrogen (secondary N) is 1. The van der Waals surface area contributed by atoms with Gasteiger partial charge in [-0.05, 0) is 47.9 Å². The van der Waals surface area contributed by atoms with Crippen LogP contribution in [0.1, 0.15) is 69.3 Å². The van der Waals surface area contributed by atoms with Crippen LogP contribution in [0.2, 0.25) is 0 Å². The molecule has 2 N–H and O–H groups in total. The second kappa shape index (κ2) is 13.3. The largest absolute Gasteiger partial charge is 0.476 e. The van der Waals surface area contributed by atoms with Gasteiger partial charge in [-0.1, -0.05) is 121 Å². The lowest BCUT2D eigenvalue weighted by molar-refractivity contribution is 0.0687. The van der Waals surface area contributed by atoms with Gasteiger partial charge in [0.15, 0.2) is 5.69 Å². The van der Waals surface area contributed by atoms with Crippen molar-refractivity contribution in [1.29, 1.82) is 0 Å². The molecule has 50 heavy (non-hydrogen) atoms. The zero-order chi connectivity index (χ0) is 34.1. The highest BCUT2D eigenvalue weighted by atomic mass is 16.6. The molecule has 8 rings (SSSR count). The molecule has 5 aromatic rings. The predicted octanol–water partition coefficient (Wildman–Crippen LogP) is 7.02. The van der Waals surface area contributed by atoms with Crippen LogP contribution in [0, 0.1) is 0 Å². The zero-order valence-electron chi connectivity index (χ0n) is 27.7. The first-order chi connectivity index (χ1) is 24.5. The first-order valence-electron chi connectivity index (χ1n) is 17.3. The van der Waals surface area contributed by atoms with E-state index in [0.29, 0.717) is 45.3 Å². The second-order valence-electron chi connectivity index (χ2n) is 13.1. The second-order valence-corrected chi connectivity index (χ2v) is 13.1. The van der Waals surface area contributed by atoms with Gasteiger partial charge in [0.1, 0.15) is 12.1 Å². The normalized spacial score (nSPS) is 16.4. The number of allylic oxidation sites excluding steroid dienone is 1. The molecule has 252 valence electrons. The molecule has 0 atom stereocenters. The molecule has 1 amide bonds. The molecule has 9 heteroatoms. The number of carbonyl (C=O) groups is 2. The number of carboxylic acids is 1. The summed E-state index contributed by atoms with van der Waals surface area (Å²) in [7, 11) is 0. The summed E-state index contributed by atoms with van der Waals surface area (Å²) in [5, 5.41) is 17.4. The van der Waals surface area contributed by atoms with E-state index in [1.807, 2.05) is 53.2 Å². The summed E-state index contributed by atoms with van der Waals surface area (Å²) in [6, 6.07) is 41.3. The van der Waals surface area contributed by atoms with Gasteiger partial charge in [0.25, 0.3) is 0 Å². The fourth-order valence-electron chi connectivity index (χ4n) is 7.97. The maximum absolute atomic E-state index is 13.0. The van der Waals surface area contributed by atoms with E-state index in [1.54, 1.807) is 4.90 Å². The van der Waals surface area contributed by atoms with E-state index < -0.39 is 11.5 Å². The molecule has 0 radical (unpaired) electrons. The number of amides is 1. The van der Waals surface area contributed by atoms with Crippen LogP contribution in [-0.4, -0.2) is 56.5 Å². The van der Waals surface area contributed by atoms with Crippen LogP contribution in [0.4, 0.5) is 4.79 Å². The molecule has 1 fully saturated rings. The topological polar surface area (TPSA) is 99.9 Å². The average molecular weight is 666 g/mol. The first-order valence-corrected chi connectivity index (χ1v) is 17.3. The van der Waals surface area contributed by atoms with Crippen LogP contribution in [0.3, 0.4) is 0 Å². The van der Waals surface area contributed by atoms with Crippen molar-refractivity contribution in [2.75, 3.05) is 19.6 Å². The number of hydrogen-bond acceptors (Lipinski definition) is 6. The monoisotopic (exact) mass is 665 g/mol. The van der Waals surface area contributed by atoms with Crippen molar-refractivity contribution in [2.45, 2.75) is 43.9 Å². The van der Waals surface area contributed by atoms with Crippen LogP contribution >= 0.6 is 0 Å². The van der Waals surface area contributed by atoms with Crippen LogP contribution in [0.15, 0.2) is 127 Å². The number of benzene rings is 4. The summed E-state index contributed by atoms with van der Waals surface area (Å²) in [4.78, 5) is 27.3. The molecule has 0 spiro atoms. The number of aromatic nitrogens is 2. The molecule has 2 aliphatic heterocycles. The van der Waals surface area contributed by atoms with Crippen LogP contribution in [0.25, 0.3) is 5.57 Å². The van der Waals surface area contributed by atoms with Gasteiger partial charge < -0.3 is 20.2 Å². The SMILES string of the molecule is O=C(O)c1nn(C2CCN(C(=O)OCc3ccccc3)CC2)c2c1CCC1=C2CN(C(c2ccccc2)(c2ccccc2)c2ccccc2)N1. The van der Waals surface area contributed by atoms with Crippen LogP contribution in [0.5, 0.6) is 0 Å². The van der Waals surface area contributed by atoms with E-state index >= 15 is 0 Å². The van der Waals surface area contributed by atoms with E-state index in [2.05, 4.69) is 83.2 Å². The number of hydrazine groups is 1. The molecule has 4 aromatic carbocycles. The lowest BCUT2D eigenvalue weighted by Gasteiger charge is -2.43. The highest BCUT2D eigenvalue weighted by molar-refractivity contribution is 5.90. The van der Waals surface area contributed by atoms with Gasteiger partial charge in [-0.3, -0.25) is 4.68 Å². The van der Waals surface area contributed by atoms with Crippen molar-refractivity contribution in [2.24, 2.45) is 0 Å². The molecular formula is C41H39N5O4. The highest BCUT2D eigenvalue weighted by Crippen LogP contribution is 2.47. The summed E-state index contributed by atoms with van der Waals surface area (Å²) in [6.07, 6.45) is 2.23. The molecule has 1 saturated heterocycles. The van der Waals surface area contributed by atoms with Gasteiger partial charge in [-0.15, -0.1) is 0 Å². The third-order valence-electron chi connectivity index (χ3n) is 10.3. The standard InChI is InChI=1S/C41H39N5O4/c47-39(48)37-34-21-22-36-35(38(34)46(43-37)33-23-25-44(26-24-33)40(49)50-28-29-13-5-1-6-14-29)27-45(42-36)41(30-15-7-2-8-16-30,31-17-9-3-10-18-31)32-19-11-4-12-20-32/h1-20,33,42H,21-28H2,(H,47,48). The summed E-state index contributed by atoms with van der Waals surface area (Å²) >= 11 is 0. The van der Waals surface area contributed by atoms with E-state index in [9.17, 15) is 14.7 Å². The van der Waals surface area contributed by atoms with E-state index in [1.165, 1.54) is 0 Å². The van der Waals surface area contributed by atoms with Gasteiger partial charge in [-0.2, -0.15) is 10.1 Å². The number of ether oxygens (including phenoxy) is 1. The minimum atomic E-state index is -1.01. The number of nitrogens with zero attached hydrogens (tertiary/aromatic N) is 4. The van der Waals surface area contributed by atoms with Crippen molar-refractivity contribution in [1.82, 2.24) is 25.1 Å². The quantitative estimate of drug-likeness (QED) is 0.172. The lowest BCUT2D eigenvalue weighted by Crippen LogP contribution is -2.52. The Labute approximate surface area is 291 Å². The molecular weight excluding hydrogens is 626 g/mol. The van der Waals surface area contributed by atoms with E-state index in [-0.39, 0.29) is 24.4 Å². The van der Waals surface area contributed by atoms with E-state index in [4.69, 9.17) is 9.84 Å². The Hall–Kier alpha value is -5.67. The highest BCUT2D eigenvalue weighted by Gasteiger charge is 2.47. The number of fused-ring (bicyclic) bond motifs is 2. The maximum atomic E-state index is 13.0. The van der Waals surface area contributed by atoms with Crippen molar-refractivity contribution < 1.29 is 19.4 Å². The van der Waals surface area contributed by atoms with Gasteiger partial charge in [-0.25, -0.2) is 9.59 Å². The number of rotatable bonds is 8. The smallest absolute Gasteiger partial charge is 0.410 e. The maximum Gasteiger partial charge on any atom is 0.410 e. The Morgan fingerprint density at radius 1 is 0.780 bits per heavy atom. The minimum absolute atomic E-state index is 0.0574. The Morgan fingerprint density at radius 3 is 1.86 bits per heavy atom. The molecule has 0 bridgehead atoms. The third kappa shape index (κ3) is 5.53. The number of aromatic carboxylic acids is 1. The fraction of sp³-hybridized carbons (Fsp3) is 0.244. The van der Waals surface area contributed by atoms with Gasteiger partial charge in [0.05, 0.1) is 11.7 Å². The van der Waals surface area contributed by atoms with Gasteiger partial charge in [0, 0.05) is 36.5 Å². The predicted molar refractivity (Wildman–Crippen MR) is 190 cm³/mol. The summed E-state index contributed by atoms with van der Waals surface area (Å²) in [5.41, 5.74) is 11.4. The number of carboxylic acid groups (broad SMARTS) is 1. The molecule has 1 aliphatic carbocycles. The molecule has 3 heterocycles. The Kier molecular flexibility index (Phi) is 8.42. The van der Waals surface area contributed by atoms with Crippen LogP contribution in [-0.2, 0) is 23.3 Å². The van der Waals surface area contributed by atoms with Crippen molar-refractivity contribution in [3.05, 3.63) is 166 Å². The number of piperidine rings is 1. The fourth-order valence-corrected chi connectivity index (χ4v) is 7.97. The van der Waals surface area contributed by atoms with Crippen molar-refractivity contribution in [3.63, 3.8) is 0 Å². The Balaban J connectivity index is 1.12. The molecule has 1 aromatic heterocycles. The van der Waals surface area contributed by atoms with Crippen molar-refractivity contribution >= 4 is 17.6 Å². The molecule has 0 saturated carbocycles. The summed E-state index contributed by atoms with van der Waals surface area (Å²) in [6.45, 7) is 1.77. The first kappa shape index (κ1) is 31.6. The summed E-state index contributed by atoms with van der Waals surface area (Å²) < 4.78 is 7.57. The van der Waals surface area contributed by atoms with Gasteiger partial charge >= 0.3 is 12.1 Å². The Morgan fingerprint density at radius 2 is 1.32 bits per heavy atom. The zero-order valence-corrected chi connectivity index (χ0v) is 27.7. The molecule has 9 nitrogen and oxygen atoms in total. The lowest BCUT2D eigenvalue weighted by atomic mass is 9.76.